The van der Waals surface area contributed by atoms with Gasteiger partial charge in [0.25, 0.3) is 0 Å². The number of rotatable bonds is 7. The molecule has 0 amide bonds. The van der Waals surface area contributed by atoms with E-state index in [4.69, 9.17) is 9.26 Å². The molecule has 4 rings (SSSR count). The Balaban J connectivity index is 1.60. The highest BCUT2D eigenvalue weighted by atomic mass is 31.2. The lowest BCUT2D eigenvalue weighted by atomic mass is 10.1. The first-order valence-electron chi connectivity index (χ1n) is 10.7. The largest absolute Gasteiger partial charge is 0.489 e. The van der Waals surface area contributed by atoms with Gasteiger partial charge in [0.05, 0.1) is 10.6 Å². The van der Waals surface area contributed by atoms with E-state index in [-0.39, 0.29) is 0 Å². The zero-order chi connectivity index (χ0) is 22.6. The number of fused-ring (bicyclic) bond motifs is 1. The molecule has 1 atom stereocenters. The Bertz CT molecular complexity index is 1240. The fourth-order valence-electron chi connectivity index (χ4n) is 3.85. The summed E-state index contributed by atoms with van der Waals surface area (Å²) in [7, 11) is -3.25. The molecule has 3 nitrogen and oxygen atoms in total. The molecule has 0 fully saturated rings. The van der Waals surface area contributed by atoms with Crippen LogP contribution in [0.1, 0.15) is 30.5 Å². The van der Waals surface area contributed by atoms with Crippen molar-refractivity contribution in [1.82, 2.24) is 0 Å². The lowest BCUT2D eigenvalue weighted by molar-refractivity contribution is 0.303. The molecule has 0 saturated carbocycles. The van der Waals surface area contributed by atoms with E-state index in [2.05, 4.69) is 6.58 Å². The van der Waals surface area contributed by atoms with Gasteiger partial charge in [-0.15, -0.1) is 6.58 Å². The zero-order valence-electron chi connectivity index (χ0n) is 18.5. The van der Waals surface area contributed by atoms with E-state index < -0.39 is 7.37 Å². The predicted octanol–water partition coefficient (Wildman–Crippen LogP) is 6.56. The van der Waals surface area contributed by atoms with Gasteiger partial charge in [-0.05, 0) is 72.9 Å². The molecule has 1 aliphatic rings. The van der Waals surface area contributed by atoms with Gasteiger partial charge in [-0.25, -0.2) is 0 Å². The first-order chi connectivity index (χ1) is 15.6. The molecule has 0 radical (unpaired) electrons. The smallest absolute Gasteiger partial charge is 0.307 e. The zero-order valence-corrected chi connectivity index (χ0v) is 19.3. The fourth-order valence-corrected chi connectivity index (χ4v) is 6.19. The molecule has 1 heterocycles. The Morgan fingerprint density at radius 1 is 1.00 bits per heavy atom. The second-order valence-corrected chi connectivity index (χ2v) is 9.99. The van der Waals surface area contributed by atoms with E-state index in [0.29, 0.717) is 17.7 Å². The van der Waals surface area contributed by atoms with Gasteiger partial charge in [0.1, 0.15) is 18.1 Å². The van der Waals surface area contributed by atoms with E-state index in [0.717, 1.165) is 39.7 Å². The Kier molecular flexibility index (Phi) is 6.48. The van der Waals surface area contributed by atoms with Gasteiger partial charge in [-0.2, -0.15) is 0 Å². The normalized spacial score (nSPS) is 17.7. The number of hydrogen-bond donors (Lipinski definition) is 0. The van der Waals surface area contributed by atoms with Crippen molar-refractivity contribution in [2.45, 2.75) is 26.9 Å². The van der Waals surface area contributed by atoms with E-state index in [1.807, 2.05) is 105 Å². The monoisotopic (exact) mass is 442 g/mol. The van der Waals surface area contributed by atoms with Crippen LogP contribution in [-0.2, 0) is 22.1 Å². The Morgan fingerprint density at radius 3 is 2.47 bits per heavy atom. The van der Waals surface area contributed by atoms with Crippen LogP contribution in [-0.4, -0.2) is 0 Å². The van der Waals surface area contributed by atoms with Crippen molar-refractivity contribution >= 4 is 23.6 Å². The molecular weight excluding hydrogens is 415 g/mol. The molecule has 32 heavy (non-hydrogen) atoms. The lowest BCUT2D eigenvalue weighted by Crippen LogP contribution is -2.24. The highest BCUT2D eigenvalue weighted by molar-refractivity contribution is 7.74. The number of ether oxygens (including phenoxy) is 1. The van der Waals surface area contributed by atoms with E-state index in [1.54, 1.807) is 0 Å². The van der Waals surface area contributed by atoms with Crippen molar-refractivity contribution in [3.63, 3.8) is 0 Å². The molecule has 0 saturated heterocycles. The maximum atomic E-state index is 14.2. The number of para-hydroxylation sites is 1. The van der Waals surface area contributed by atoms with Crippen molar-refractivity contribution in [3.05, 3.63) is 120 Å². The Labute approximate surface area is 190 Å². The molecule has 0 aliphatic carbocycles. The second-order valence-electron chi connectivity index (χ2n) is 7.70. The van der Waals surface area contributed by atoms with Gasteiger partial charge >= 0.3 is 7.37 Å². The van der Waals surface area contributed by atoms with Crippen molar-refractivity contribution in [2.75, 3.05) is 0 Å². The molecular formula is C28H27O3P. The minimum atomic E-state index is -3.25. The Hall–Kier alpha value is -3.29. The second kappa shape index (κ2) is 9.46. The summed E-state index contributed by atoms with van der Waals surface area (Å²) in [5, 5.41) is 1.42. The summed E-state index contributed by atoms with van der Waals surface area (Å²) in [5.41, 5.74) is 4.07. The summed E-state index contributed by atoms with van der Waals surface area (Å²) in [6, 6.07) is 23.4. The first-order valence-corrected chi connectivity index (χ1v) is 12.3. The van der Waals surface area contributed by atoms with Crippen LogP contribution in [0.5, 0.6) is 5.75 Å². The lowest BCUT2D eigenvalue weighted by Gasteiger charge is -2.29. The molecule has 0 N–H and O–H groups in total. The van der Waals surface area contributed by atoms with Crippen molar-refractivity contribution < 1.29 is 13.8 Å². The molecule has 1 unspecified atom stereocenters. The fraction of sp³-hybridized carbons (Fsp3) is 0.143. The summed E-state index contributed by atoms with van der Waals surface area (Å²) >= 11 is 0. The SMILES string of the molecule is C=CCc1ccccc1OCc1ccc(P2(=O)OC(/C=C\C)=C(C)c3ccccc32)cc1. The third kappa shape index (κ3) is 4.22. The minimum absolute atomic E-state index is 0.430. The molecule has 0 bridgehead atoms. The summed E-state index contributed by atoms with van der Waals surface area (Å²) in [6.45, 7) is 8.17. The molecule has 162 valence electrons. The predicted molar refractivity (Wildman–Crippen MR) is 133 cm³/mol. The quantitative estimate of drug-likeness (QED) is 0.307. The molecule has 0 spiro atoms. The van der Waals surface area contributed by atoms with Gasteiger partial charge < -0.3 is 9.26 Å². The highest BCUT2D eigenvalue weighted by Crippen LogP contribution is 2.52. The van der Waals surface area contributed by atoms with E-state index in [9.17, 15) is 4.57 Å². The molecule has 3 aromatic rings. The average Bonchev–Trinajstić information content (AvgIpc) is 2.82. The maximum Gasteiger partial charge on any atom is 0.307 e. The maximum absolute atomic E-state index is 14.2. The van der Waals surface area contributed by atoms with Crippen LogP contribution in [0.3, 0.4) is 0 Å². The molecule has 3 aromatic carbocycles. The van der Waals surface area contributed by atoms with Gasteiger partial charge in [-0.3, -0.25) is 4.57 Å². The first kappa shape index (κ1) is 21.9. The van der Waals surface area contributed by atoms with Crippen molar-refractivity contribution in [3.8, 4) is 5.75 Å². The molecule has 4 heteroatoms. The number of allylic oxidation sites excluding steroid dienone is 4. The van der Waals surface area contributed by atoms with Crippen LogP contribution >= 0.6 is 7.37 Å². The summed E-state index contributed by atoms with van der Waals surface area (Å²) in [4.78, 5) is 0. The van der Waals surface area contributed by atoms with Crippen LogP contribution in [0.15, 0.2) is 103 Å². The topological polar surface area (TPSA) is 35.5 Å². The standard InChI is InChI=1S/C28H27O3P/c1-4-10-23-12-6-8-14-27(23)30-20-22-16-18-24(19-17-22)32(29)28-15-9-7-13-25(28)21(3)26(31-32)11-5-2/h4-9,11-19H,1,10,20H2,2-3H3/b11-5-. The van der Waals surface area contributed by atoms with Crippen LogP contribution < -0.4 is 15.3 Å². The summed E-state index contributed by atoms with van der Waals surface area (Å²) < 4.78 is 26.4. The summed E-state index contributed by atoms with van der Waals surface area (Å²) in [5.74, 6) is 1.51. The minimum Gasteiger partial charge on any atom is -0.489 e. The highest BCUT2D eigenvalue weighted by Gasteiger charge is 2.37. The van der Waals surface area contributed by atoms with Crippen LogP contribution in [0.25, 0.3) is 5.57 Å². The van der Waals surface area contributed by atoms with Gasteiger partial charge in [0.15, 0.2) is 0 Å². The van der Waals surface area contributed by atoms with E-state index in [1.165, 1.54) is 0 Å². The van der Waals surface area contributed by atoms with E-state index >= 15 is 0 Å². The number of hydrogen-bond acceptors (Lipinski definition) is 3. The van der Waals surface area contributed by atoms with Crippen molar-refractivity contribution in [1.29, 1.82) is 0 Å². The Morgan fingerprint density at radius 2 is 1.72 bits per heavy atom. The van der Waals surface area contributed by atoms with Crippen LogP contribution in [0.2, 0.25) is 0 Å². The number of benzene rings is 3. The van der Waals surface area contributed by atoms with Gasteiger partial charge in [0, 0.05) is 0 Å². The van der Waals surface area contributed by atoms with Gasteiger partial charge in [0.2, 0.25) is 0 Å². The third-order valence-corrected chi connectivity index (χ3v) is 8.00. The molecule has 1 aliphatic heterocycles. The third-order valence-electron chi connectivity index (χ3n) is 5.55. The molecule has 0 aromatic heterocycles. The average molecular weight is 442 g/mol. The van der Waals surface area contributed by atoms with Gasteiger partial charge in [-0.1, -0.05) is 60.7 Å². The summed E-state index contributed by atoms with van der Waals surface area (Å²) in [6.07, 6.45) is 6.41. The van der Waals surface area contributed by atoms with Crippen molar-refractivity contribution in [2.24, 2.45) is 0 Å². The van der Waals surface area contributed by atoms with Crippen LogP contribution in [0.4, 0.5) is 0 Å². The van der Waals surface area contributed by atoms with Crippen LogP contribution in [0, 0.1) is 0 Å².